The van der Waals surface area contributed by atoms with E-state index < -0.39 is 0 Å². The van der Waals surface area contributed by atoms with Crippen LogP contribution in [0, 0.1) is 0 Å². The molecule has 1 N–H and O–H groups in total. The van der Waals surface area contributed by atoms with E-state index in [-0.39, 0.29) is 17.7 Å². The molecule has 0 bridgehead atoms. The number of benzene rings is 1. The summed E-state index contributed by atoms with van der Waals surface area (Å²) in [7, 11) is 1.61. The number of carbonyl (C=O) groups is 2. The highest BCUT2D eigenvalue weighted by Crippen LogP contribution is 2.30. The molecule has 1 aromatic heterocycles. The molecular formula is C26H30N4O3. The minimum Gasteiger partial charge on any atom is -0.378 e. The molecule has 33 heavy (non-hydrogen) atoms. The number of hydrogen-bond donors (Lipinski definition) is 1. The van der Waals surface area contributed by atoms with Gasteiger partial charge in [0, 0.05) is 33.1 Å². The highest BCUT2D eigenvalue weighted by molar-refractivity contribution is 6.03. The van der Waals surface area contributed by atoms with Crippen LogP contribution in [0.4, 0.5) is 5.69 Å². The first kappa shape index (κ1) is 21.8. The minimum atomic E-state index is -0.179. The Hall–Kier alpha value is -3.03. The Morgan fingerprint density at radius 3 is 2.79 bits per heavy atom. The number of ether oxygens (including phenoxy) is 1. The molecule has 2 saturated heterocycles. The van der Waals surface area contributed by atoms with Gasteiger partial charge in [-0.2, -0.15) is 0 Å². The highest BCUT2D eigenvalue weighted by Gasteiger charge is 2.41. The van der Waals surface area contributed by atoms with Crippen molar-refractivity contribution in [2.75, 3.05) is 38.3 Å². The number of allylic oxidation sites excluding steroid dienone is 1. The Balaban J connectivity index is 1.31. The van der Waals surface area contributed by atoms with Gasteiger partial charge in [0.25, 0.3) is 5.91 Å². The lowest BCUT2D eigenvalue weighted by atomic mass is 9.89. The number of fused-ring (bicyclic) bond motifs is 2. The highest BCUT2D eigenvalue weighted by atomic mass is 16.5. The van der Waals surface area contributed by atoms with Crippen molar-refractivity contribution in [2.45, 2.75) is 38.4 Å². The molecule has 2 aromatic rings. The van der Waals surface area contributed by atoms with Gasteiger partial charge < -0.3 is 15.0 Å². The van der Waals surface area contributed by atoms with Crippen LogP contribution in [-0.4, -0.2) is 67.0 Å². The van der Waals surface area contributed by atoms with Crippen molar-refractivity contribution in [1.82, 2.24) is 15.2 Å². The number of piperazine rings is 1. The number of nitrogens with one attached hydrogen (secondary N) is 1. The molecule has 3 aliphatic rings. The van der Waals surface area contributed by atoms with E-state index in [0.717, 1.165) is 42.9 Å². The van der Waals surface area contributed by atoms with Crippen LogP contribution >= 0.6 is 0 Å². The molecule has 1 amide bonds. The number of pyridine rings is 1. The first-order valence-corrected chi connectivity index (χ1v) is 11.7. The van der Waals surface area contributed by atoms with Gasteiger partial charge >= 0.3 is 0 Å². The lowest BCUT2D eigenvalue weighted by Crippen LogP contribution is -2.59. The molecule has 0 spiro atoms. The summed E-state index contributed by atoms with van der Waals surface area (Å²) in [5.74, 6) is 0.0673. The van der Waals surface area contributed by atoms with Crippen LogP contribution in [0.1, 0.15) is 40.5 Å². The van der Waals surface area contributed by atoms with Crippen molar-refractivity contribution in [2.24, 2.45) is 0 Å². The summed E-state index contributed by atoms with van der Waals surface area (Å²) in [6, 6.07) is 10.8. The first-order valence-electron chi connectivity index (χ1n) is 11.7. The van der Waals surface area contributed by atoms with E-state index in [1.807, 2.05) is 19.1 Å². The van der Waals surface area contributed by atoms with E-state index in [4.69, 9.17) is 4.74 Å². The molecule has 2 aliphatic heterocycles. The maximum absolute atomic E-state index is 12.4. The smallest absolute Gasteiger partial charge is 0.269 e. The van der Waals surface area contributed by atoms with Crippen LogP contribution in [0.2, 0.25) is 0 Å². The summed E-state index contributed by atoms with van der Waals surface area (Å²) in [6.45, 7) is 6.06. The molecule has 7 heteroatoms. The standard InChI is InChI=1S/C26H30N4O3/c1-3-18-11-19-5-4-17(10-20(19)12-25(18)31)14-29-8-9-30(24-16-33-15-23(24)29)21-6-7-22(28-13-21)26(32)27-2/h4-7,10-11,13,23-24H,3,8-9,12,14-16H2,1-2H3,(H,27,32). The van der Waals surface area contributed by atoms with E-state index in [9.17, 15) is 9.59 Å². The molecule has 2 atom stereocenters. The predicted molar refractivity (Wildman–Crippen MR) is 127 cm³/mol. The van der Waals surface area contributed by atoms with E-state index in [0.29, 0.717) is 31.4 Å². The molecule has 172 valence electrons. The average Bonchev–Trinajstić information content (AvgIpc) is 3.34. The third kappa shape index (κ3) is 4.18. The normalized spacial score (nSPS) is 22.5. The fraction of sp³-hybridized carbons (Fsp3) is 0.423. The lowest BCUT2D eigenvalue weighted by Gasteiger charge is -2.44. The fourth-order valence-corrected chi connectivity index (χ4v) is 5.22. The Labute approximate surface area is 194 Å². The number of aromatic nitrogens is 1. The Morgan fingerprint density at radius 1 is 1.18 bits per heavy atom. The van der Waals surface area contributed by atoms with E-state index in [2.05, 4.69) is 38.3 Å². The monoisotopic (exact) mass is 446 g/mol. The van der Waals surface area contributed by atoms with Crippen molar-refractivity contribution in [3.63, 3.8) is 0 Å². The van der Waals surface area contributed by atoms with Crippen LogP contribution < -0.4 is 10.2 Å². The van der Waals surface area contributed by atoms with Gasteiger partial charge in [0.1, 0.15) is 5.69 Å². The number of carbonyl (C=O) groups excluding carboxylic acids is 2. The van der Waals surface area contributed by atoms with Crippen molar-refractivity contribution >= 4 is 23.5 Å². The molecule has 1 aliphatic carbocycles. The van der Waals surface area contributed by atoms with Gasteiger partial charge in [0.2, 0.25) is 0 Å². The summed E-state index contributed by atoms with van der Waals surface area (Å²) >= 11 is 0. The van der Waals surface area contributed by atoms with Gasteiger partial charge in [-0.15, -0.1) is 0 Å². The number of anilines is 1. The molecule has 3 heterocycles. The minimum absolute atomic E-state index is 0.179. The zero-order valence-electron chi connectivity index (χ0n) is 19.2. The third-order valence-corrected chi connectivity index (χ3v) is 7.07. The summed E-state index contributed by atoms with van der Waals surface area (Å²) in [6.07, 6.45) is 5.13. The summed E-state index contributed by atoms with van der Waals surface area (Å²) in [5.41, 5.74) is 5.92. The number of rotatable bonds is 5. The second-order valence-corrected chi connectivity index (χ2v) is 8.97. The van der Waals surface area contributed by atoms with Crippen LogP contribution in [0.3, 0.4) is 0 Å². The number of nitrogens with zero attached hydrogens (tertiary/aromatic N) is 3. The molecule has 0 saturated carbocycles. The summed E-state index contributed by atoms with van der Waals surface area (Å²) in [5, 5.41) is 2.61. The van der Waals surface area contributed by atoms with Gasteiger partial charge in [0.15, 0.2) is 5.78 Å². The number of Topliss-reactive ketones (excluding diaryl/α,β-unsaturated/α-hetero) is 1. The maximum atomic E-state index is 12.4. The zero-order chi connectivity index (χ0) is 22.9. The van der Waals surface area contributed by atoms with E-state index in [1.54, 1.807) is 19.3 Å². The van der Waals surface area contributed by atoms with E-state index in [1.165, 1.54) is 11.1 Å². The van der Waals surface area contributed by atoms with Crippen molar-refractivity contribution in [3.05, 3.63) is 64.5 Å². The fourth-order valence-electron chi connectivity index (χ4n) is 5.22. The Morgan fingerprint density at radius 2 is 2.03 bits per heavy atom. The van der Waals surface area contributed by atoms with Crippen molar-refractivity contribution in [3.8, 4) is 0 Å². The number of hydrogen-bond acceptors (Lipinski definition) is 6. The molecule has 2 unspecified atom stereocenters. The second-order valence-electron chi connectivity index (χ2n) is 8.97. The Kier molecular flexibility index (Phi) is 6.00. The Bertz CT molecular complexity index is 1100. The van der Waals surface area contributed by atoms with Crippen LogP contribution in [0.5, 0.6) is 0 Å². The van der Waals surface area contributed by atoms with Gasteiger partial charge in [0.05, 0.1) is 37.2 Å². The van der Waals surface area contributed by atoms with E-state index >= 15 is 0 Å². The van der Waals surface area contributed by atoms with Crippen LogP contribution in [0.25, 0.3) is 6.08 Å². The molecular weight excluding hydrogens is 416 g/mol. The molecule has 0 radical (unpaired) electrons. The average molecular weight is 447 g/mol. The van der Waals surface area contributed by atoms with Gasteiger partial charge in [-0.1, -0.05) is 25.1 Å². The van der Waals surface area contributed by atoms with Crippen LogP contribution in [0.15, 0.2) is 42.1 Å². The predicted octanol–water partition coefficient (Wildman–Crippen LogP) is 2.45. The molecule has 7 nitrogen and oxygen atoms in total. The second kappa shape index (κ2) is 9.08. The van der Waals surface area contributed by atoms with Gasteiger partial charge in [-0.3, -0.25) is 14.5 Å². The van der Waals surface area contributed by atoms with Crippen LogP contribution in [-0.2, 0) is 22.5 Å². The number of amides is 1. The zero-order valence-corrected chi connectivity index (χ0v) is 19.2. The van der Waals surface area contributed by atoms with Gasteiger partial charge in [-0.05, 0) is 46.9 Å². The molecule has 5 rings (SSSR count). The molecule has 1 aromatic carbocycles. The quantitative estimate of drug-likeness (QED) is 0.761. The summed E-state index contributed by atoms with van der Waals surface area (Å²) in [4.78, 5) is 33.4. The SMILES string of the molecule is CCC1=Cc2ccc(CN3CCN(c4ccc(C(=O)NC)nc4)C4COCC43)cc2CC1=O. The topological polar surface area (TPSA) is 74.8 Å². The maximum Gasteiger partial charge on any atom is 0.269 e. The summed E-state index contributed by atoms with van der Waals surface area (Å²) < 4.78 is 5.90. The number of ketones is 1. The molecule has 2 fully saturated rings. The van der Waals surface area contributed by atoms with Crippen molar-refractivity contribution in [1.29, 1.82) is 0 Å². The first-order chi connectivity index (χ1) is 16.1. The largest absolute Gasteiger partial charge is 0.378 e. The van der Waals surface area contributed by atoms with Gasteiger partial charge in [-0.25, -0.2) is 4.98 Å². The van der Waals surface area contributed by atoms with Crippen molar-refractivity contribution < 1.29 is 14.3 Å². The lowest BCUT2D eigenvalue weighted by molar-refractivity contribution is -0.115. The third-order valence-electron chi connectivity index (χ3n) is 7.07.